The van der Waals surface area contributed by atoms with Crippen molar-refractivity contribution in [3.63, 3.8) is 0 Å². The normalized spacial score (nSPS) is 14.8. The van der Waals surface area contributed by atoms with Crippen molar-refractivity contribution in [2.24, 2.45) is 4.99 Å². The molecule has 208 valence electrons. The van der Waals surface area contributed by atoms with Gasteiger partial charge in [-0.25, -0.2) is 9.79 Å². The summed E-state index contributed by atoms with van der Waals surface area (Å²) in [6.45, 7) is 6.06. The summed E-state index contributed by atoms with van der Waals surface area (Å²) in [4.78, 5) is 55.2. The van der Waals surface area contributed by atoms with E-state index in [9.17, 15) is 19.2 Å². The molecule has 1 atom stereocenters. The Kier molecular flexibility index (Phi) is 8.70. The Hall–Kier alpha value is -4.03. The number of thiazole rings is 1. The predicted octanol–water partition coefficient (Wildman–Crippen LogP) is 3.42. The zero-order valence-corrected chi connectivity index (χ0v) is 24.7. The van der Waals surface area contributed by atoms with E-state index in [4.69, 9.17) is 18.9 Å². The summed E-state index contributed by atoms with van der Waals surface area (Å²) in [5.41, 5.74) is 1.18. The van der Waals surface area contributed by atoms with E-state index >= 15 is 0 Å². The third kappa shape index (κ3) is 5.92. The molecule has 3 aromatic rings. The van der Waals surface area contributed by atoms with E-state index in [0.717, 1.165) is 15.8 Å². The van der Waals surface area contributed by atoms with Crippen molar-refractivity contribution >= 4 is 51.3 Å². The molecule has 4 rings (SSSR count). The van der Waals surface area contributed by atoms with Crippen LogP contribution < -0.4 is 29.1 Å². The molecule has 1 aliphatic heterocycles. The van der Waals surface area contributed by atoms with Gasteiger partial charge in [-0.1, -0.05) is 33.3 Å². The second-order valence-electron chi connectivity index (χ2n) is 8.58. The van der Waals surface area contributed by atoms with Gasteiger partial charge in [-0.2, -0.15) is 0 Å². The van der Waals surface area contributed by atoms with E-state index in [1.807, 2.05) is 0 Å². The van der Waals surface area contributed by atoms with Crippen molar-refractivity contribution in [1.82, 2.24) is 4.57 Å². The van der Waals surface area contributed by atoms with Crippen LogP contribution in [-0.2, 0) is 19.1 Å². The first kappa shape index (κ1) is 29.0. The fourth-order valence-electron chi connectivity index (χ4n) is 4.22. The van der Waals surface area contributed by atoms with Crippen LogP contribution in [0.1, 0.15) is 44.9 Å². The zero-order chi connectivity index (χ0) is 29.1. The number of carbonyl (C=O) groups excluding carboxylic acids is 3. The van der Waals surface area contributed by atoms with Crippen LogP contribution in [0.2, 0.25) is 0 Å². The highest BCUT2D eigenvalue weighted by atomic mass is 79.9. The Bertz CT molecular complexity index is 1740. The highest BCUT2D eigenvalue weighted by Crippen LogP contribution is 2.36. The predicted molar refractivity (Wildman–Crippen MR) is 150 cm³/mol. The lowest BCUT2D eigenvalue weighted by Crippen LogP contribution is -2.40. The fourth-order valence-corrected chi connectivity index (χ4v) is 5.64. The average molecular weight is 629 g/mol. The molecule has 0 spiro atoms. The van der Waals surface area contributed by atoms with E-state index < -0.39 is 29.5 Å². The SMILES string of the molecule is CCOC(=O)C1=C(C)N=c2s/c(=C/c3cc(Br)ccc3OC(C)=O)c(=O)n2[C@H]1c1ccc(OC(C)=O)c(OC)c1. The van der Waals surface area contributed by atoms with Gasteiger partial charge in [0.15, 0.2) is 16.3 Å². The molecule has 0 bridgehead atoms. The molecule has 12 heteroatoms. The molecule has 2 aromatic carbocycles. The number of ether oxygens (including phenoxy) is 4. The fraction of sp³-hybridized carbons (Fsp3) is 0.250. The molecule has 0 N–H and O–H groups in total. The van der Waals surface area contributed by atoms with Crippen LogP contribution >= 0.6 is 27.3 Å². The Morgan fingerprint density at radius 2 is 1.73 bits per heavy atom. The van der Waals surface area contributed by atoms with E-state index in [0.29, 0.717) is 26.2 Å². The highest BCUT2D eigenvalue weighted by Gasteiger charge is 2.34. The minimum Gasteiger partial charge on any atom is -0.493 e. The topological polar surface area (TPSA) is 122 Å². The number of carbonyl (C=O) groups is 3. The largest absolute Gasteiger partial charge is 0.493 e. The number of esters is 3. The summed E-state index contributed by atoms with van der Waals surface area (Å²) in [5.74, 6) is -0.922. The van der Waals surface area contributed by atoms with Crippen LogP contribution in [0.15, 0.2) is 61.9 Å². The maximum atomic E-state index is 13.9. The number of rotatable bonds is 7. The highest BCUT2D eigenvalue weighted by molar-refractivity contribution is 9.10. The Labute approximate surface area is 241 Å². The monoisotopic (exact) mass is 628 g/mol. The summed E-state index contributed by atoms with van der Waals surface area (Å²) in [5, 5.41) is 0. The van der Waals surface area contributed by atoms with Gasteiger partial charge >= 0.3 is 17.9 Å². The average Bonchev–Trinajstić information content (AvgIpc) is 3.18. The zero-order valence-electron chi connectivity index (χ0n) is 22.3. The molecule has 40 heavy (non-hydrogen) atoms. The maximum Gasteiger partial charge on any atom is 0.338 e. The number of hydrogen-bond acceptors (Lipinski definition) is 10. The lowest BCUT2D eigenvalue weighted by atomic mass is 9.95. The molecule has 2 heterocycles. The van der Waals surface area contributed by atoms with E-state index in [-0.39, 0.29) is 29.4 Å². The van der Waals surface area contributed by atoms with Crippen molar-refractivity contribution in [1.29, 1.82) is 0 Å². The first-order valence-electron chi connectivity index (χ1n) is 12.1. The van der Waals surface area contributed by atoms with Gasteiger partial charge in [0.1, 0.15) is 5.75 Å². The molecule has 0 fully saturated rings. The molecule has 0 amide bonds. The summed E-state index contributed by atoms with van der Waals surface area (Å²) < 4.78 is 23.8. The Morgan fingerprint density at radius 3 is 2.38 bits per heavy atom. The number of fused-ring (bicyclic) bond motifs is 1. The first-order valence-corrected chi connectivity index (χ1v) is 13.7. The Balaban J connectivity index is 1.97. The smallest absolute Gasteiger partial charge is 0.338 e. The molecular formula is C28H25BrN2O8S. The minimum atomic E-state index is -0.909. The second kappa shape index (κ2) is 12.0. The number of allylic oxidation sites excluding steroid dienone is 1. The van der Waals surface area contributed by atoms with Gasteiger partial charge in [-0.15, -0.1) is 0 Å². The quantitative estimate of drug-likeness (QED) is 0.288. The van der Waals surface area contributed by atoms with Crippen LogP contribution in [0.5, 0.6) is 17.2 Å². The summed E-state index contributed by atoms with van der Waals surface area (Å²) >= 11 is 4.54. The number of aromatic nitrogens is 1. The van der Waals surface area contributed by atoms with Crippen LogP contribution in [0.25, 0.3) is 6.08 Å². The van der Waals surface area contributed by atoms with Crippen LogP contribution in [-0.4, -0.2) is 36.2 Å². The van der Waals surface area contributed by atoms with Gasteiger partial charge in [-0.05, 0) is 55.8 Å². The van der Waals surface area contributed by atoms with Gasteiger partial charge < -0.3 is 18.9 Å². The van der Waals surface area contributed by atoms with Gasteiger partial charge in [-0.3, -0.25) is 19.0 Å². The van der Waals surface area contributed by atoms with Gasteiger partial charge in [0.2, 0.25) is 0 Å². The molecule has 0 saturated heterocycles. The van der Waals surface area contributed by atoms with Crippen molar-refractivity contribution < 1.29 is 33.3 Å². The van der Waals surface area contributed by atoms with Gasteiger partial charge in [0, 0.05) is 23.9 Å². The summed E-state index contributed by atoms with van der Waals surface area (Å²) in [6, 6.07) is 8.95. The molecule has 1 aliphatic rings. The van der Waals surface area contributed by atoms with Crippen molar-refractivity contribution in [3.8, 4) is 17.2 Å². The van der Waals surface area contributed by atoms with Crippen molar-refractivity contribution in [2.75, 3.05) is 13.7 Å². The number of hydrogen-bond donors (Lipinski definition) is 0. The number of nitrogens with zero attached hydrogens (tertiary/aromatic N) is 2. The summed E-state index contributed by atoms with van der Waals surface area (Å²) in [6.07, 6.45) is 1.61. The minimum absolute atomic E-state index is 0.128. The van der Waals surface area contributed by atoms with Crippen LogP contribution in [0, 0.1) is 0 Å². The number of halogens is 1. The molecule has 1 aromatic heterocycles. The molecule has 0 radical (unpaired) electrons. The molecule has 10 nitrogen and oxygen atoms in total. The number of methoxy groups -OCH3 is 1. The van der Waals surface area contributed by atoms with Crippen molar-refractivity contribution in [3.05, 3.63) is 83.0 Å². The molecule has 0 unspecified atom stereocenters. The van der Waals surface area contributed by atoms with Crippen molar-refractivity contribution in [2.45, 2.75) is 33.7 Å². The van der Waals surface area contributed by atoms with Crippen LogP contribution in [0.4, 0.5) is 0 Å². The molecule has 0 aliphatic carbocycles. The lowest BCUT2D eigenvalue weighted by Gasteiger charge is -2.25. The van der Waals surface area contributed by atoms with E-state index in [2.05, 4.69) is 20.9 Å². The third-order valence-corrected chi connectivity index (χ3v) is 7.26. The van der Waals surface area contributed by atoms with Gasteiger partial charge in [0.05, 0.1) is 35.6 Å². The number of benzene rings is 2. The first-order chi connectivity index (χ1) is 19.0. The van der Waals surface area contributed by atoms with Gasteiger partial charge in [0.25, 0.3) is 5.56 Å². The maximum absolute atomic E-state index is 13.9. The molecule has 0 saturated carbocycles. The van der Waals surface area contributed by atoms with E-state index in [1.54, 1.807) is 50.3 Å². The second-order valence-corrected chi connectivity index (χ2v) is 10.5. The van der Waals surface area contributed by atoms with E-state index in [1.165, 1.54) is 31.6 Å². The molecular weight excluding hydrogens is 604 g/mol. The standard InChI is InChI=1S/C28H25BrN2O8S/c1-6-37-27(35)24-14(2)30-28-31(25(24)17-7-9-21(39-16(4)33)22(12-17)36-5)26(34)23(40-28)13-18-11-19(29)8-10-20(18)38-15(3)32/h7-13,25H,6H2,1-5H3/b23-13+/t25-/m0/s1. The van der Waals surface area contributed by atoms with Crippen LogP contribution in [0.3, 0.4) is 0 Å². The Morgan fingerprint density at radius 1 is 1.05 bits per heavy atom. The third-order valence-electron chi connectivity index (χ3n) is 5.79. The summed E-state index contributed by atoms with van der Waals surface area (Å²) in [7, 11) is 1.42. The lowest BCUT2D eigenvalue weighted by molar-refractivity contribution is -0.139.